The molecule has 0 N–H and O–H groups in total. The molecule has 3 rings (SSSR count). The van der Waals surface area contributed by atoms with Gasteiger partial charge in [0.1, 0.15) is 0 Å². The number of benzene rings is 3. The number of fused-ring (bicyclic) bond motifs is 1. The molecule has 94 valence electrons. The van der Waals surface area contributed by atoms with Gasteiger partial charge in [0.25, 0.3) is 0 Å². The molecule has 0 heterocycles. The minimum Gasteiger partial charge on any atom is -0.0622 e. The molecule has 1 unspecified atom stereocenters. The van der Waals surface area contributed by atoms with Crippen LogP contribution in [0.25, 0.3) is 10.8 Å². The summed E-state index contributed by atoms with van der Waals surface area (Å²) in [6, 6.07) is 25.3. The fourth-order valence-corrected chi connectivity index (χ4v) is 3.68. The first kappa shape index (κ1) is 12.6. The van der Waals surface area contributed by atoms with E-state index in [-0.39, 0.29) is 5.25 Å². The van der Waals surface area contributed by atoms with Crippen LogP contribution in [0, 0.1) is 0 Å². The van der Waals surface area contributed by atoms with Crippen molar-refractivity contribution in [2.45, 2.75) is 5.25 Å². The van der Waals surface area contributed by atoms with Crippen molar-refractivity contribution in [3.8, 4) is 0 Å². The van der Waals surface area contributed by atoms with Gasteiger partial charge in [-0.2, -0.15) is 0 Å². The smallest absolute Gasteiger partial charge is 0.0622 e. The average Bonchev–Trinajstić information content (AvgIpc) is 2.49. The third-order valence-corrected chi connectivity index (χ3v) is 4.69. The maximum atomic E-state index is 6.21. The first-order valence-electron chi connectivity index (χ1n) is 6.24. The van der Waals surface area contributed by atoms with Gasteiger partial charge in [0.05, 0.1) is 11.0 Å². The second kappa shape index (κ2) is 5.68. The summed E-state index contributed by atoms with van der Waals surface area (Å²) in [7, 11) is 7.06. The largest absolute Gasteiger partial charge is 0.185 e. The standard InChI is InChI=1S/C17H13ClS/c18-19-17(14-8-2-1-3-9-14)16-12-6-10-13-7-4-5-11-15(13)16/h1-12,17H/p+1. The van der Waals surface area contributed by atoms with Gasteiger partial charge >= 0.3 is 0 Å². The highest BCUT2D eigenvalue weighted by atomic mass is 35.7. The van der Waals surface area contributed by atoms with Gasteiger partial charge in [0.2, 0.25) is 0 Å². The second-order valence-electron chi connectivity index (χ2n) is 4.48. The maximum absolute atomic E-state index is 6.21. The lowest BCUT2D eigenvalue weighted by atomic mass is 9.98. The van der Waals surface area contributed by atoms with E-state index in [9.17, 15) is 0 Å². The molecule has 0 nitrogen and oxygen atoms in total. The highest BCUT2D eigenvalue weighted by Gasteiger charge is 2.22. The number of thiol groups is 1. The van der Waals surface area contributed by atoms with Gasteiger partial charge in [-0.15, -0.1) is 0 Å². The Bertz CT molecular complexity index is 674. The van der Waals surface area contributed by atoms with Gasteiger partial charge in [-0.1, -0.05) is 72.8 Å². The van der Waals surface area contributed by atoms with Crippen molar-refractivity contribution in [1.29, 1.82) is 0 Å². The summed E-state index contributed by atoms with van der Waals surface area (Å²) in [5.74, 6) is 0. The summed E-state index contributed by atoms with van der Waals surface area (Å²) in [6.45, 7) is 0. The van der Waals surface area contributed by atoms with Gasteiger partial charge in [-0.25, -0.2) is 0 Å². The lowest BCUT2D eigenvalue weighted by Crippen LogP contribution is -2.00. The summed E-state index contributed by atoms with van der Waals surface area (Å²) in [5.41, 5.74) is 2.55. The van der Waals surface area contributed by atoms with Gasteiger partial charge in [-0.05, 0) is 10.8 Å². The predicted octanol–water partition coefficient (Wildman–Crippen LogP) is 4.90. The van der Waals surface area contributed by atoms with Gasteiger partial charge in [0.15, 0.2) is 15.9 Å². The molecule has 0 aliphatic carbocycles. The van der Waals surface area contributed by atoms with Crippen LogP contribution >= 0.6 is 10.7 Å². The van der Waals surface area contributed by atoms with Crippen molar-refractivity contribution in [3.63, 3.8) is 0 Å². The Morgan fingerprint density at radius 1 is 0.737 bits per heavy atom. The van der Waals surface area contributed by atoms with E-state index < -0.39 is 0 Å². The topological polar surface area (TPSA) is 0 Å². The van der Waals surface area contributed by atoms with Crippen molar-refractivity contribution in [3.05, 3.63) is 83.9 Å². The quantitative estimate of drug-likeness (QED) is 0.474. The minimum atomic E-state index is 0.217. The average molecular weight is 286 g/mol. The molecule has 0 saturated heterocycles. The number of hydrogen-bond acceptors (Lipinski definition) is 0. The van der Waals surface area contributed by atoms with Crippen LogP contribution in [0.1, 0.15) is 16.4 Å². The first-order chi connectivity index (χ1) is 9.40. The Morgan fingerprint density at radius 3 is 2.21 bits per heavy atom. The van der Waals surface area contributed by atoms with Crippen LogP contribution in [0.3, 0.4) is 0 Å². The maximum Gasteiger partial charge on any atom is 0.185 e. The zero-order chi connectivity index (χ0) is 13.1. The van der Waals surface area contributed by atoms with E-state index in [1.165, 1.54) is 21.9 Å². The number of rotatable bonds is 3. The van der Waals surface area contributed by atoms with Crippen LogP contribution in [0.15, 0.2) is 72.8 Å². The van der Waals surface area contributed by atoms with Crippen molar-refractivity contribution in [2.75, 3.05) is 0 Å². The van der Waals surface area contributed by atoms with Crippen LogP contribution in [-0.2, 0) is 11.0 Å². The Kier molecular flexibility index (Phi) is 3.77. The van der Waals surface area contributed by atoms with E-state index in [2.05, 4.69) is 66.7 Å². The van der Waals surface area contributed by atoms with E-state index in [1.54, 1.807) is 0 Å². The third kappa shape index (κ3) is 2.49. The molecule has 0 aromatic heterocycles. The summed E-state index contributed by atoms with van der Waals surface area (Å²) in [5, 5.41) is 2.77. The molecule has 19 heavy (non-hydrogen) atoms. The Labute approximate surface area is 121 Å². The molecule has 0 bridgehead atoms. The zero-order valence-corrected chi connectivity index (χ0v) is 12.0. The first-order valence-corrected chi connectivity index (χ1v) is 8.11. The van der Waals surface area contributed by atoms with Gasteiger partial charge in [-0.3, -0.25) is 0 Å². The lowest BCUT2D eigenvalue weighted by molar-refractivity contribution is 1.18. The van der Waals surface area contributed by atoms with E-state index in [0.717, 1.165) is 11.0 Å². The normalized spacial score (nSPS) is 12.5. The summed E-state index contributed by atoms with van der Waals surface area (Å²) in [6.07, 6.45) is 0. The van der Waals surface area contributed by atoms with Crippen LogP contribution in [0.5, 0.6) is 0 Å². The fourth-order valence-electron chi connectivity index (χ4n) is 2.41. The van der Waals surface area contributed by atoms with Crippen molar-refractivity contribution < 1.29 is 0 Å². The summed E-state index contributed by atoms with van der Waals surface area (Å²) in [4.78, 5) is 0. The molecule has 0 saturated carbocycles. The minimum absolute atomic E-state index is 0.217. The van der Waals surface area contributed by atoms with Crippen molar-refractivity contribution in [1.82, 2.24) is 0 Å². The van der Waals surface area contributed by atoms with Gasteiger partial charge in [0, 0.05) is 11.1 Å². The van der Waals surface area contributed by atoms with Crippen LogP contribution < -0.4 is 0 Å². The van der Waals surface area contributed by atoms with E-state index in [1.807, 2.05) is 6.07 Å². The third-order valence-electron chi connectivity index (χ3n) is 3.33. The predicted molar refractivity (Wildman–Crippen MR) is 86.8 cm³/mol. The van der Waals surface area contributed by atoms with Crippen molar-refractivity contribution >= 4 is 32.4 Å². The molecule has 3 aromatic carbocycles. The molecule has 0 aliphatic rings. The Balaban J connectivity index is 2.17. The molecule has 1 atom stereocenters. The van der Waals surface area contributed by atoms with Crippen molar-refractivity contribution in [2.24, 2.45) is 0 Å². The Hall–Kier alpha value is -1.44. The molecule has 3 aromatic rings. The number of hydrogen-bond donors (Lipinski definition) is 0. The van der Waals surface area contributed by atoms with Crippen LogP contribution in [-0.4, -0.2) is 0 Å². The van der Waals surface area contributed by atoms with E-state index in [4.69, 9.17) is 10.7 Å². The van der Waals surface area contributed by atoms with E-state index >= 15 is 0 Å². The summed E-state index contributed by atoms with van der Waals surface area (Å²) < 4.78 is 0. The highest BCUT2D eigenvalue weighted by molar-refractivity contribution is 8.03. The Morgan fingerprint density at radius 2 is 1.42 bits per heavy atom. The lowest BCUT2D eigenvalue weighted by Gasteiger charge is -2.11. The second-order valence-corrected chi connectivity index (χ2v) is 5.78. The molecule has 0 amide bonds. The zero-order valence-electron chi connectivity index (χ0n) is 10.3. The molecular formula is C17H14ClS+. The molecule has 0 fully saturated rings. The van der Waals surface area contributed by atoms with Crippen LogP contribution in [0.4, 0.5) is 0 Å². The molecule has 0 aliphatic heterocycles. The van der Waals surface area contributed by atoms with Gasteiger partial charge < -0.3 is 0 Å². The molecule has 2 heteroatoms. The van der Waals surface area contributed by atoms with Crippen LogP contribution in [0.2, 0.25) is 0 Å². The van der Waals surface area contributed by atoms with E-state index in [0.29, 0.717) is 0 Å². The molecule has 0 radical (unpaired) electrons. The fraction of sp³-hybridized carbons (Fsp3) is 0.0588. The summed E-state index contributed by atoms with van der Waals surface area (Å²) >= 11 is 0. The highest BCUT2D eigenvalue weighted by Crippen LogP contribution is 2.32. The molecule has 0 spiro atoms. The number of halogens is 1. The monoisotopic (exact) mass is 285 g/mol. The SMILES string of the molecule is Cl[SH+]C(c1ccccc1)c1cccc2ccccc12. The molecular weight excluding hydrogens is 272 g/mol.